The zero-order valence-corrected chi connectivity index (χ0v) is 9.29. The number of ether oxygens (including phenoxy) is 1. The number of aryl methyl sites for hydroxylation is 1. The van der Waals surface area contributed by atoms with E-state index in [4.69, 9.17) is 4.74 Å². The summed E-state index contributed by atoms with van der Waals surface area (Å²) in [7, 11) is 0. The summed E-state index contributed by atoms with van der Waals surface area (Å²) in [6.07, 6.45) is 1.71. The van der Waals surface area contributed by atoms with Crippen LogP contribution in [0.1, 0.15) is 30.7 Å². The molecule has 1 aromatic rings. The number of pyridine rings is 1. The molecule has 0 fully saturated rings. The maximum absolute atomic E-state index is 9.19. The van der Waals surface area contributed by atoms with E-state index < -0.39 is 0 Å². The summed E-state index contributed by atoms with van der Waals surface area (Å²) in [4.78, 5) is 4.25. The lowest BCUT2D eigenvalue weighted by atomic mass is 10.0. The van der Waals surface area contributed by atoms with Crippen LogP contribution in [0.2, 0.25) is 0 Å². The molecule has 0 spiro atoms. The van der Waals surface area contributed by atoms with E-state index in [-0.39, 0.29) is 12.3 Å². The Morgan fingerprint density at radius 1 is 1.60 bits per heavy atom. The van der Waals surface area contributed by atoms with Crippen LogP contribution in [-0.4, -0.2) is 15.8 Å². The largest absolute Gasteiger partial charge is 0.392 e. The lowest BCUT2D eigenvalue weighted by molar-refractivity contribution is -0.0163. The van der Waals surface area contributed by atoms with E-state index in [1.807, 2.05) is 20.8 Å². The molecule has 0 saturated carbocycles. The molecule has 0 atom stereocenters. The zero-order valence-electron chi connectivity index (χ0n) is 9.29. The van der Waals surface area contributed by atoms with Crippen molar-refractivity contribution in [2.45, 2.75) is 39.7 Å². The maximum atomic E-state index is 9.19. The molecule has 1 aliphatic rings. The molecule has 0 bridgehead atoms. The Balaban J connectivity index is 2.50. The molecule has 2 heterocycles. The van der Waals surface area contributed by atoms with Crippen molar-refractivity contribution in [2.24, 2.45) is 0 Å². The van der Waals surface area contributed by atoms with E-state index in [1.54, 1.807) is 6.20 Å². The van der Waals surface area contributed by atoms with Gasteiger partial charge in [-0.3, -0.25) is 4.98 Å². The van der Waals surface area contributed by atoms with Gasteiger partial charge in [-0.2, -0.15) is 0 Å². The Labute approximate surface area is 89.3 Å². The van der Waals surface area contributed by atoms with E-state index >= 15 is 0 Å². The minimum absolute atomic E-state index is 0.00107. The van der Waals surface area contributed by atoms with Gasteiger partial charge < -0.3 is 15.2 Å². The topological polar surface area (TPSA) is 54.4 Å². The van der Waals surface area contributed by atoms with Gasteiger partial charge in [-0.15, -0.1) is 0 Å². The smallest absolute Gasteiger partial charge is 0.133 e. The number of aliphatic hydroxyl groups excluding tert-OH is 1. The molecule has 2 N–H and O–H groups in total. The number of nitrogens with one attached hydrogen (secondary N) is 1. The van der Waals surface area contributed by atoms with E-state index in [0.29, 0.717) is 6.61 Å². The van der Waals surface area contributed by atoms with Gasteiger partial charge in [0.2, 0.25) is 0 Å². The first-order valence-corrected chi connectivity index (χ1v) is 5.04. The molecule has 0 saturated heterocycles. The molecular formula is C11H16N2O2. The van der Waals surface area contributed by atoms with Gasteiger partial charge in [-0.25, -0.2) is 0 Å². The Morgan fingerprint density at radius 2 is 2.33 bits per heavy atom. The lowest BCUT2D eigenvalue weighted by Gasteiger charge is -2.35. The second-order valence-corrected chi connectivity index (χ2v) is 4.30. The highest BCUT2D eigenvalue weighted by atomic mass is 16.5. The predicted molar refractivity (Wildman–Crippen MR) is 57.4 cm³/mol. The van der Waals surface area contributed by atoms with Gasteiger partial charge in [0.1, 0.15) is 5.72 Å². The van der Waals surface area contributed by atoms with Gasteiger partial charge in [-0.1, -0.05) is 0 Å². The molecule has 0 amide bonds. The first kappa shape index (κ1) is 10.4. The third-order valence-electron chi connectivity index (χ3n) is 2.64. The molecule has 2 rings (SSSR count). The van der Waals surface area contributed by atoms with E-state index in [1.165, 1.54) is 0 Å². The molecule has 15 heavy (non-hydrogen) atoms. The fourth-order valence-corrected chi connectivity index (χ4v) is 1.75. The average molecular weight is 208 g/mol. The number of anilines is 1. The van der Waals surface area contributed by atoms with Gasteiger partial charge in [0.25, 0.3) is 0 Å². The second-order valence-electron chi connectivity index (χ2n) is 4.30. The average Bonchev–Trinajstić information content (AvgIpc) is 2.18. The molecule has 1 aliphatic heterocycles. The van der Waals surface area contributed by atoms with Crippen molar-refractivity contribution in [3.05, 3.63) is 23.0 Å². The summed E-state index contributed by atoms with van der Waals surface area (Å²) in [5, 5.41) is 12.5. The van der Waals surface area contributed by atoms with Crippen molar-refractivity contribution in [3.8, 4) is 0 Å². The van der Waals surface area contributed by atoms with Crippen molar-refractivity contribution in [1.29, 1.82) is 0 Å². The third-order valence-corrected chi connectivity index (χ3v) is 2.64. The Kier molecular flexibility index (Phi) is 2.40. The highest BCUT2D eigenvalue weighted by Gasteiger charge is 2.27. The van der Waals surface area contributed by atoms with Crippen LogP contribution < -0.4 is 5.32 Å². The first-order chi connectivity index (χ1) is 7.03. The van der Waals surface area contributed by atoms with Crippen LogP contribution in [0.15, 0.2) is 6.20 Å². The summed E-state index contributed by atoms with van der Waals surface area (Å²) in [6.45, 7) is 6.42. The number of aliphatic hydroxyl groups is 1. The van der Waals surface area contributed by atoms with Crippen molar-refractivity contribution >= 4 is 5.69 Å². The fourth-order valence-electron chi connectivity index (χ4n) is 1.75. The van der Waals surface area contributed by atoms with Crippen LogP contribution in [0.4, 0.5) is 5.69 Å². The molecule has 4 heteroatoms. The lowest BCUT2D eigenvalue weighted by Crippen LogP contribution is -2.38. The van der Waals surface area contributed by atoms with Gasteiger partial charge in [-0.05, 0) is 20.8 Å². The quantitative estimate of drug-likeness (QED) is 0.735. The minimum atomic E-state index is -0.368. The van der Waals surface area contributed by atoms with E-state index in [9.17, 15) is 5.11 Å². The van der Waals surface area contributed by atoms with Crippen LogP contribution in [-0.2, 0) is 18.0 Å². The summed E-state index contributed by atoms with van der Waals surface area (Å²) in [6, 6.07) is 0. The molecular weight excluding hydrogens is 192 g/mol. The Morgan fingerprint density at radius 3 is 3.00 bits per heavy atom. The molecule has 0 aromatic carbocycles. The van der Waals surface area contributed by atoms with Crippen LogP contribution >= 0.6 is 0 Å². The molecule has 4 nitrogen and oxygen atoms in total. The van der Waals surface area contributed by atoms with Crippen molar-refractivity contribution in [1.82, 2.24) is 4.98 Å². The summed E-state index contributed by atoms with van der Waals surface area (Å²) in [5.41, 5.74) is 3.42. The maximum Gasteiger partial charge on any atom is 0.133 e. The molecule has 82 valence electrons. The van der Waals surface area contributed by atoms with Crippen LogP contribution in [0, 0.1) is 6.92 Å². The number of nitrogens with zero attached hydrogens (tertiary/aromatic N) is 1. The predicted octanol–water partition coefficient (Wildman–Crippen LogP) is 1.56. The number of hydrogen-bond acceptors (Lipinski definition) is 4. The van der Waals surface area contributed by atoms with Gasteiger partial charge in [0, 0.05) is 17.3 Å². The van der Waals surface area contributed by atoms with Gasteiger partial charge >= 0.3 is 0 Å². The molecule has 1 aromatic heterocycles. The SMILES string of the molecule is Cc1ncc(CO)c2c1NC(C)(C)OC2. The summed E-state index contributed by atoms with van der Waals surface area (Å²) < 4.78 is 5.64. The highest BCUT2D eigenvalue weighted by molar-refractivity contribution is 5.59. The zero-order chi connectivity index (χ0) is 11.1. The number of rotatable bonds is 1. The van der Waals surface area contributed by atoms with Crippen molar-refractivity contribution < 1.29 is 9.84 Å². The van der Waals surface area contributed by atoms with Crippen LogP contribution in [0.5, 0.6) is 0 Å². The van der Waals surface area contributed by atoms with E-state index in [2.05, 4.69) is 10.3 Å². The number of fused-ring (bicyclic) bond motifs is 1. The third kappa shape index (κ3) is 1.82. The van der Waals surface area contributed by atoms with Gasteiger partial charge in [0.15, 0.2) is 0 Å². The molecule has 0 aliphatic carbocycles. The monoisotopic (exact) mass is 208 g/mol. The summed E-state index contributed by atoms with van der Waals surface area (Å²) >= 11 is 0. The van der Waals surface area contributed by atoms with Crippen molar-refractivity contribution in [3.63, 3.8) is 0 Å². The summed E-state index contributed by atoms with van der Waals surface area (Å²) in [5.74, 6) is 0. The first-order valence-electron chi connectivity index (χ1n) is 5.04. The normalized spacial score (nSPS) is 18.1. The van der Waals surface area contributed by atoms with Crippen LogP contribution in [0.3, 0.4) is 0 Å². The second kappa shape index (κ2) is 3.47. The number of aromatic nitrogens is 1. The van der Waals surface area contributed by atoms with E-state index in [0.717, 1.165) is 22.5 Å². The minimum Gasteiger partial charge on any atom is -0.392 e. The molecule has 0 radical (unpaired) electrons. The fraction of sp³-hybridized carbons (Fsp3) is 0.545. The Hall–Kier alpha value is -1.13. The van der Waals surface area contributed by atoms with Crippen LogP contribution in [0.25, 0.3) is 0 Å². The highest BCUT2D eigenvalue weighted by Crippen LogP contribution is 2.32. The molecule has 0 unspecified atom stereocenters. The number of hydrogen-bond donors (Lipinski definition) is 2. The van der Waals surface area contributed by atoms with Gasteiger partial charge in [0.05, 0.1) is 24.6 Å². The Bertz CT molecular complexity index is 388. The standard InChI is InChI=1S/C11H16N2O2/c1-7-10-9(8(5-14)4-12-7)6-15-11(2,3)13-10/h4,13-14H,5-6H2,1-3H3. The van der Waals surface area contributed by atoms with Crippen molar-refractivity contribution in [2.75, 3.05) is 5.32 Å².